The normalized spacial score (nSPS) is 14.2. The lowest BCUT2D eigenvalue weighted by Crippen LogP contribution is -2.47. The van der Waals surface area contributed by atoms with Crippen molar-refractivity contribution in [3.63, 3.8) is 0 Å². The first-order chi connectivity index (χ1) is 30.8. The number of nitrogens with one attached hydrogen (secondary N) is 1. The molecule has 0 heterocycles. The molecule has 0 saturated carbocycles. The Bertz CT molecular complexity index is 976. The molecule has 4 unspecified atom stereocenters. The molecule has 0 aliphatic rings. The molecule has 0 aromatic carbocycles. The lowest BCUT2D eigenvalue weighted by Gasteiger charge is -2.25. The number of unbranched alkanes of at least 4 members (excludes halogenated alkanes) is 39. The van der Waals surface area contributed by atoms with Crippen molar-refractivity contribution in [1.29, 1.82) is 0 Å². The van der Waals surface area contributed by atoms with Gasteiger partial charge in [0.05, 0.1) is 37.9 Å². The average molecular weight is 917 g/mol. The monoisotopic (exact) mass is 917 g/mol. The predicted octanol–water partition coefficient (Wildman–Crippen LogP) is 15.5. The predicted molar refractivity (Wildman–Crippen MR) is 269 cm³/mol. The number of amides is 1. The summed E-state index contributed by atoms with van der Waals surface area (Å²) in [4.78, 5) is 22.9. The first kappa shape index (κ1) is 62.5. The molecule has 0 aromatic heterocycles. The Kier molecular flexibility index (Phi) is 48.9. The van der Waals surface area contributed by atoms with Crippen LogP contribution in [-0.2, 0) is 18.4 Å². The smallest absolute Gasteiger partial charge is 0.393 e. The average Bonchev–Trinajstić information content (AvgIpc) is 3.26. The molecule has 0 saturated heterocycles. The van der Waals surface area contributed by atoms with Gasteiger partial charge >= 0.3 is 7.82 Å². The number of hydrogen-bond acceptors (Lipinski definition) is 7. The van der Waals surface area contributed by atoms with Gasteiger partial charge in [-0.25, -0.2) is 4.57 Å². The van der Waals surface area contributed by atoms with Crippen molar-refractivity contribution in [2.24, 2.45) is 5.73 Å². The molecule has 0 bridgehead atoms. The summed E-state index contributed by atoms with van der Waals surface area (Å²) in [6.45, 7) is 4.11. The van der Waals surface area contributed by atoms with E-state index in [-0.39, 0.29) is 26.2 Å². The number of carbonyl (C=O) groups excluding carboxylic acids is 1. The van der Waals surface area contributed by atoms with Gasteiger partial charge in [-0.15, -0.1) is 0 Å². The van der Waals surface area contributed by atoms with E-state index < -0.39 is 32.0 Å². The van der Waals surface area contributed by atoms with E-state index in [0.29, 0.717) is 12.8 Å². The number of aliphatic hydroxyl groups excluding tert-OH is 2. The van der Waals surface area contributed by atoms with Gasteiger partial charge in [0, 0.05) is 6.54 Å². The molecule has 0 aromatic rings. The summed E-state index contributed by atoms with van der Waals surface area (Å²) in [5.41, 5.74) is 5.40. The van der Waals surface area contributed by atoms with Crippen molar-refractivity contribution < 1.29 is 33.5 Å². The summed E-state index contributed by atoms with van der Waals surface area (Å²) in [6.07, 6.45) is 53.0. The van der Waals surface area contributed by atoms with Crippen LogP contribution in [-0.4, -0.2) is 59.0 Å². The van der Waals surface area contributed by atoms with E-state index in [2.05, 4.69) is 19.2 Å². The first-order valence-corrected chi connectivity index (χ1v) is 29.2. The molecule has 0 fully saturated rings. The van der Waals surface area contributed by atoms with Crippen molar-refractivity contribution in [3.05, 3.63) is 0 Å². The molecule has 0 aliphatic heterocycles. The number of nitrogens with two attached hydrogens (primary N) is 1. The standard InChI is InChI=1S/C53H109N2O7P/c1-3-5-7-9-11-13-15-17-19-21-23-25-26-28-30-32-34-36-38-40-42-44-50(56)48-53(58)55-51(49-62-63(59,60)61-47-46-54)52(57)45-43-41-39-37-35-33-31-29-27-24-22-20-18-16-14-12-10-8-6-4-2/h50-52,56-57H,3-49,54H2,1-2H3,(H,55,58)(H,59,60). The van der Waals surface area contributed by atoms with E-state index in [1.807, 2.05) is 0 Å². The Morgan fingerprint density at radius 2 is 0.762 bits per heavy atom. The fourth-order valence-corrected chi connectivity index (χ4v) is 9.59. The van der Waals surface area contributed by atoms with Crippen LogP contribution in [0.1, 0.15) is 296 Å². The maximum absolute atomic E-state index is 12.9. The molecule has 1 amide bonds. The van der Waals surface area contributed by atoms with Gasteiger partial charge in [0.15, 0.2) is 0 Å². The molecule has 0 aliphatic carbocycles. The highest BCUT2D eigenvalue weighted by atomic mass is 31.2. The Morgan fingerprint density at radius 1 is 0.476 bits per heavy atom. The van der Waals surface area contributed by atoms with Gasteiger partial charge in [-0.2, -0.15) is 0 Å². The van der Waals surface area contributed by atoms with E-state index in [1.54, 1.807) is 0 Å². The van der Waals surface area contributed by atoms with Crippen molar-refractivity contribution >= 4 is 13.7 Å². The van der Waals surface area contributed by atoms with Crippen molar-refractivity contribution in [2.45, 2.75) is 315 Å². The Balaban J connectivity index is 4.05. The molecular weight excluding hydrogens is 808 g/mol. The van der Waals surface area contributed by atoms with E-state index in [4.69, 9.17) is 14.8 Å². The van der Waals surface area contributed by atoms with Crippen LogP contribution in [0.5, 0.6) is 0 Å². The van der Waals surface area contributed by atoms with E-state index in [9.17, 15) is 24.5 Å². The van der Waals surface area contributed by atoms with E-state index in [1.165, 1.54) is 225 Å². The summed E-state index contributed by atoms with van der Waals surface area (Å²) in [6, 6.07) is -0.892. The third-order valence-electron chi connectivity index (χ3n) is 13.0. The highest BCUT2D eigenvalue weighted by molar-refractivity contribution is 7.47. The van der Waals surface area contributed by atoms with Gasteiger partial charge in [0.25, 0.3) is 0 Å². The number of hydrogen-bond donors (Lipinski definition) is 5. The maximum atomic E-state index is 12.9. The number of rotatable bonds is 53. The highest BCUT2D eigenvalue weighted by Crippen LogP contribution is 2.43. The zero-order valence-electron chi connectivity index (χ0n) is 42.0. The van der Waals surface area contributed by atoms with Crippen LogP contribution in [0.15, 0.2) is 0 Å². The second-order valence-corrected chi connectivity index (χ2v) is 20.8. The van der Waals surface area contributed by atoms with Crippen molar-refractivity contribution in [1.82, 2.24) is 5.32 Å². The van der Waals surface area contributed by atoms with Crippen molar-refractivity contribution in [2.75, 3.05) is 19.8 Å². The van der Waals surface area contributed by atoms with Gasteiger partial charge in [-0.3, -0.25) is 13.8 Å². The first-order valence-electron chi connectivity index (χ1n) is 27.7. The highest BCUT2D eigenvalue weighted by Gasteiger charge is 2.28. The summed E-state index contributed by atoms with van der Waals surface area (Å²) >= 11 is 0. The third kappa shape index (κ3) is 47.7. The Morgan fingerprint density at radius 3 is 1.06 bits per heavy atom. The summed E-state index contributed by atoms with van der Waals surface area (Å²) in [5.74, 6) is -0.405. The molecule has 10 heteroatoms. The minimum Gasteiger partial charge on any atom is -0.393 e. The Labute approximate surface area is 391 Å². The molecule has 6 N–H and O–H groups in total. The van der Waals surface area contributed by atoms with E-state index >= 15 is 0 Å². The molecule has 63 heavy (non-hydrogen) atoms. The molecule has 0 rings (SSSR count). The quantitative estimate of drug-likeness (QED) is 0.0299. The van der Waals surface area contributed by atoms with Crippen LogP contribution in [0.2, 0.25) is 0 Å². The summed E-state index contributed by atoms with van der Waals surface area (Å²) in [5, 5.41) is 24.4. The minimum atomic E-state index is -4.38. The molecule has 0 spiro atoms. The van der Waals surface area contributed by atoms with Crippen LogP contribution in [0.3, 0.4) is 0 Å². The second-order valence-electron chi connectivity index (χ2n) is 19.4. The van der Waals surface area contributed by atoms with Gasteiger partial charge in [-0.05, 0) is 12.8 Å². The molecule has 9 nitrogen and oxygen atoms in total. The molecule has 378 valence electrons. The zero-order chi connectivity index (χ0) is 46.2. The van der Waals surface area contributed by atoms with Gasteiger partial charge in [0.2, 0.25) is 5.91 Å². The molecule has 0 radical (unpaired) electrons. The summed E-state index contributed by atoms with van der Waals surface area (Å²) < 4.78 is 22.3. The number of phosphoric ester groups is 1. The number of carbonyl (C=O) groups is 1. The second kappa shape index (κ2) is 49.4. The van der Waals surface area contributed by atoms with Crippen LogP contribution < -0.4 is 11.1 Å². The zero-order valence-corrected chi connectivity index (χ0v) is 42.9. The fourth-order valence-electron chi connectivity index (χ4n) is 8.83. The maximum Gasteiger partial charge on any atom is 0.472 e. The van der Waals surface area contributed by atoms with Gasteiger partial charge in [0.1, 0.15) is 0 Å². The summed E-state index contributed by atoms with van der Waals surface area (Å²) in [7, 11) is -4.38. The SMILES string of the molecule is CCCCCCCCCCCCCCCCCCCCCCCC(O)CC(=O)NC(COP(=O)(O)OCCN)C(O)CCCCCCCCCCCCCCCCCCCCCC. The fraction of sp³-hybridized carbons (Fsp3) is 0.981. The number of aliphatic hydroxyl groups is 2. The van der Waals surface area contributed by atoms with Crippen LogP contribution >= 0.6 is 7.82 Å². The lowest BCUT2D eigenvalue weighted by atomic mass is 10.0. The van der Waals surface area contributed by atoms with Crippen LogP contribution in [0.25, 0.3) is 0 Å². The molecule has 4 atom stereocenters. The lowest BCUT2D eigenvalue weighted by molar-refractivity contribution is -0.125. The molecular formula is C53H109N2O7P. The van der Waals surface area contributed by atoms with Crippen LogP contribution in [0.4, 0.5) is 0 Å². The topological polar surface area (TPSA) is 151 Å². The van der Waals surface area contributed by atoms with Gasteiger partial charge in [-0.1, -0.05) is 277 Å². The largest absolute Gasteiger partial charge is 0.472 e. The van der Waals surface area contributed by atoms with Crippen LogP contribution in [0, 0.1) is 0 Å². The third-order valence-corrected chi connectivity index (χ3v) is 14.0. The van der Waals surface area contributed by atoms with E-state index in [0.717, 1.165) is 38.5 Å². The number of phosphoric acid groups is 1. The van der Waals surface area contributed by atoms with Crippen molar-refractivity contribution in [3.8, 4) is 0 Å². The Hall–Kier alpha value is -0.540. The van der Waals surface area contributed by atoms with Gasteiger partial charge < -0.3 is 26.2 Å². The minimum absolute atomic E-state index is 0.0631.